The number of nitrogens with zero attached hydrogens (tertiary/aromatic N) is 3. The molecule has 6 nitrogen and oxygen atoms in total. The average Bonchev–Trinajstić information content (AvgIpc) is 3.27. The number of halogens is 2. The number of imidazole rings is 1. The second-order valence-electron chi connectivity index (χ2n) is 6.33. The number of hydrogen-bond donors (Lipinski definition) is 1. The van der Waals surface area contributed by atoms with Crippen LogP contribution in [0.25, 0.3) is 5.69 Å². The van der Waals surface area contributed by atoms with Crippen molar-refractivity contribution in [1.82, 2.24) is 14.9 Å². The molecule has 4 rings (SSSR count). The summed E-state index contributed by atoms with van der Waals surface area (Å²) in [6.45, 7) is 3.81. The van der Waals surface area contributed by atoms with Gasteiger partial charge >= 0.3 is 0 Å². The molecule has 3 aromatic rings. The number of oxime groups is 1. The lowest BCUT2D eigenvalue weighted by Gasteiger charge is -2.12. The highest BCUT2D eigenvalue weighted by molar-refractivity contribution is 6.32. The Balaban J connectivity index is 1.63. The summed E-state index contributed by atoms with van der Waals surface area (Å²) in [7, 11) is 1.49. The first kappa shape index (κ1) is 18.3. The van der Waals surface area contributed by atoms with Crippen LogP contribution in [0.15, 0.2) is 47.6 Å². The number of benzene rings is 2. The lowest BCUT2D eigenvalue weighted by molar-refractivity contribution is 0.0694. The Morgan fingerprint density at radius 2 is 2.00 bits per heavy atom. The lowest BCUT2D eigenvalue weighted by Crippen LogP contribution is -2.25. The second kappa shape index (κ2) is 7.16. The largest absolute Gasteiger partial charge is 0.497 e. The first-order valence-corrected chi connectivity index (χ1v) is 9.02. The SMILES string of the molecule is COc1ccc(C2=NOC(c3nc(C)n(-c4ccccc4Cl)c3C)N2)c(F)c1. The van der Waals surface area contributed by atoms with Gasteiger partial charge in [-0.05, 0) is 38.1 Å². The van der Waals surface area contributed by atoms with E-state index in [1.165, 1.54) is 13.2 Å². The predicted octanol–water partition coefficient (Wildman–Crippen LogP) is 4.27. The van der Waals surface area contributed by atoms with E-state index in [-0.39, 0.29) is 0 Å². The van der Waals surface area contributed by atoms with Crippen molar-refractivity contribution in [2.24, 2.45) is 5.16 Å². The van der Waals surface area contributed by atoms with Gasteiger partial charge in [-0.3, -0.25) is 4.57 Å². The van der Waals surface area contributed by atoms with Gasteiger partial charge < -0.3 is 14.9 Å². The summed E-state index contributed by atoms with van der Waals surface area (Å²) in [5.41, 5.74) is 2.64. The standard InChI is InChI=1S/C20H18ClFN4O2/c1-11-18(23-12(2)26(11)17-7-5-4-6-15(17)21)20-24-19(25-28-20)14-9-8-13(27-3)10-16(14)22/h4-10,20H,1-3H3,(H,24,25). The maximum absolute atomic E-state index is 14.3. The molecule has 0 bridgehead atoms. The fourth-order valence-corrected chi connectivity index (χ4v) is 3.46. The molecule has 0 saturated heterocycles. The molecule has 144 valence electrons. The van der Waals surface area contributed by atoms with Gasteiger partial charge in [-0.25, -0.2) is 9.37 Å². The van der Waals surface area contributed by atoms with Crippen LogP contribution in [0.5, 0.6) is 5.75 Å². The molecule has 1 N–H and O–H groups in total. The molecule has 0 amide bonds. The van der Waals surface area contributed by atoms with Gasteiger partial charge in [0.05, 0.1) is 23.4 Å². The number of rotatable bonds is 4. The van der Waals surface area contributed by atoms with E-state index in [2.05, 4.69) is 15.5 Å². The number of aromatic nitrogens is 2. The summed E-state index contributed by atoms with van der Waals surface area (Å²) in [6.07, 6.45) is -0.626. The minimum atomic E-state index is -0.626. The quantitative estimate of drug-likeness (QED) is 0.710. The number of ether oxygens (including phenoxy) is 1. The molecule has 0 fully saturated rings. The van der Waals surface area contributed by atoms with Gasteiger partial charge in [-0.1, -0.05) is 28.9 Å². The third-order valence-electron chi connectivity index (χ3n) is 4.60. The van der Waals surface area contributed by atoms with E-state index in [9.17, 15) is 4.39 Å². The van der Waals surface area contributed by atoms with E-state index >= 15 is 0 Å². The van der Waals surface area contributed by atoms with Crippen molar-refractivity contribution in [3.63, 3.8) is 0 Å². The van der Waals surface area contributed by atoms with E-state index < -0.39 is 12.0 Å². The zero-order valence-electron chi connectivity index (χ0n) is 15.5. The van der Waals surface area contributed by atoms with E-state index in [1.807, 2.05) is 42.7 Å². The smallest absolute Gasteiger partial charge is 0.243 e. The maximum atomic E-state index is 14.3. The third kappa shape index (κ3) is 3.07. The lowest BCUT2D eigenvalue weighted by atomic mass is 10.1. The minimum Gasteiger partial charge on any atom is -0.497 e. The van der Waals surface area contributed by atoms with Crippen LogP contribution in [0.3, 0.4) is 0 Å². The van der Waals surface area contributed by atoms with Crippen LogP contribution in [0.1, 0.15) is 29.0 Å². The van der Waals surface area contributed by atoms with E-state index in [0.717, 1.165) is 17.2 Å². The van der Waals surface area contributed by atoms with E-state index in [4.69, 9.17) is 21.2 Å². The molecule has 0 radical (unpaired) electrons. The zero-order valence-corrected chi connectivity index (χ0v) is 16.3. The van der Waals surface area contributed by atoms with Crippen LogP contribution in [0.2, 0.25) is 5.02 Å². The Morgan fingerprint density at radius 1 is 1.21 bits per heavy atom. The molecule has 28 heavy (non-hydrogen) atoms. The maximum Gasteiger partial charge on any atom is 0.243 e. The van der Waals surface area contributed by atoms with Crippen molar-refractivity contribution >= 4 is 17.4 Å². The van der Waals surface area contributed by atoms with Gasteiger partial charge in [-0.2, -0.15) is 0 Å². The summed E-state index contributed by atoms with van der Waals surface area (Å²) in [5.74, 6) is 1.04. The average molecular weight is 401 g/mol. The first-order chi connectivity index (χ1) is 13.5. The topological polar surface area (TPSA) is 60.7 Å². The fraction of sp³-hybridized carbons (Fsp3) is 0.200. The van der Waals surface area contributed by atoms with Crippen molar-refractivity contribution in [3.8, 4) is 11.4 Å². The Morgan fingerprint density at radius 3 is 2.71 bits per heavy atom. The molecule has 1 aliphatic heterocycles. The predicted molar refractivity (Wildman–Crippen MR) is 104 cm³/mol. The minimum absolute atomic E-state index is 0.295. The van der Waals surface area contributed by atoms with Crippen LogP contribution in [-0.4, -0.2) is 22.5 Å². The second-order valence-corrected chi connectivity index (χ2v) is 6.74. The van der Waals surface area contributed by atoms with Gasteiger partial charge in [0.25, 0.3) is 0 Å². The highest BCUT2D eigenvalue weighted by Crippen LogP contribution is 2.29. The number of nitrogens with one attached hydrogen (secondary N) is 1. The number of methoxy groups -OCH3 is 1. The highest BCUT2D eigenvalue weighted by Gasteiger charge is 2.29. The van der Waals surface area contributed by atoms with E-state index in [0.29, 0.717) is 27.9 Å². The van der Waals surface area contributed by atoms with Crippen LogP contribution in [-0.2, 0) is 4.84 Å². The van der Waals surface area contributed by atoms with Crippen molar-refractivity contribution in [2.75, 3.05) is 7.11 Å². The summed E-state index contributed by atoms with van der Waals surface area (Å²) in [5, 5.41) is 7.71. The number of aryl methyl sites for hydroxylation is 1. The van der Waals surface area contributed by atoms with Gasteiger partial charge in [0, 0.05) is 11.8 Å². The Labute approximate surface area is 166 Å². The molecule has 1 aromatic heterocycles. The molecular formula is C20H18ClFN4O2. The zero-order chi connectivity index (χ0) is 19.8. The summed E-state index contributed by atoms with van der Waals surface area (Å²) >= 11 is 6.35. The molecule has 0 aliphatic carbocycles. The van der Waals surface area contributed by atoms with Crippen molar-refractivity contribution in [3.05, 3.63) is 76.1 Å². The molecule has 0 saturated carbocycles. The first-order valence-electron chi connectivity index (χ1n) is 8.64. The van der Waals surface area contributed by atoms with Gasteiger partial charge in [0.1, 0.15) is 23.1 Å². The Hall–Kier alpha value is -3.06. The summed E-state index contributed by atoms with van der Waals surface area (Å²) in [4.78, 5) is 10.1. The normalized spacial score (nSPS) is 15.8. The molecule has 1 unspecified atom stereocenters. The summed E-state index contributed by atoms with van der Waals surface area (Å²) in [6, 6.07) is 12.1. The molecular weight excluding hydrogens is 383 g/mol. The van der Waals surface area contributed by atoms with Crippen LogP contribution in [0, 0.1) is 19.7 Å². The number of hydrogen-bond acceptors (Lipinski definition) is 5. The molecule has 8 heteroatoms. The fourth-order valence-electron chi connectivity index (χ4n) is 3.24. The van der Waals surface area contributed by atoms with Crippen molar-refractivity contribution < 1.29 is 14.0 Å². The molecule has 2 aromatic carbocycles. The van der Waals surface area contributed by atoms with Crippen molar-refractivity contribution in [1.29, 1.82) is 0 Å². The Kier molecular flexibility index (Phi) is 4.68. The van der Waals surface area contributed by atoms with Crippen LogP contribution in [0.4, 0.5) is 4.39 Å². The van der Waals surface area contributed by atoms with Gasteiger partial charge in [0.15, 0.2) is 5.84 Å². The van der Waals surface area contributed by atoms with Crippen molar-refractivity contribution in [2.45, 2.75) is 20.1 Å². The Bertz CT molecular complexity index is 1080. The van der Waals surface area contributed by atoms with Gasteiger partial charge in [0.2, 0.25) is 6.23 Å². The van der Waals surface area contributed by atoms with Crippen LogP contribution < -0.4 is 10.1 Å². The molecule has 0 spiro atoms. The third-order valence-corrected chi connectivity index (χ3v) is 4.92. The van der Waals surface area contributed by atoms with E-state index in [1.54, 1.807) is 12.1 Å². The molecule has 1 atom stereocenters. The molecule has 1 aliphatic rings. The van der Waals surface area contributed by atoms with Crippen LogP contribution >= 0.6 is 11.6 Å². The summed E-state index contributed by atoms with van der Waals surface area (Å²) < 4.78 is 21.3. The van der Waals surface area contributed by atoms with Gasteiger partial charge in [-0.15, -0.1) is 0 Å². The number of para-hydroxylation sites is 1. The number of amidine groups is 1. The monoisotopic (exact) mass is 400 g/mol. The highest BCUT2D eigenvalue weighted by atomic mass is 35.5. The molecule has 2 heterocycles.